The minimum absolute atomic E-state index is 0.178. The average molecular weight is 375 g/mol. The number of fused-ring (bicyclic) bond motifs is 1. The highest BCUT2D eigenvalue weighted by molar-refractivity contribution is 9.10. The molecule has 2 heterocycles. The molecule has 116 valence electrons. The van der Waals surface area contributed by atoms with Crippen molar-refractivity contribution in [1.82, 2.24) is 10.2 Å². The van der Waals surface area contributed by atoms with Gasteiger partial charge in [-0.05, 0) is 40.2 Å². The van der Waals surface area contributed by atoms with Gasteiger partial charge in [-0.15, -0.1) is 10.2 Å². The molecule has 23 heavy (non-hydrogen) atoms. The van der Waals surface area contributed by atoms with Crippen molar-refractivity contribution in [1.29, 1.82) is 0 Å². The maximum atomic E-state index is 5.65. The molecule has 1 aliphatic heterocycles. The monoisotopic (exact) mass is 374 g/mol. The Morgan fingerprint density at radius 3 is 2.83 bits per heavy atom. The molecule has 0 radical (unpaired) electrons. The van der Waals surface area contributed by atoms with E-state index in [1.807, 2.05) is 24.3 Å². The van der Waals surface area contributed by atoms with Crippen LogP contribution in [0.5, 0.6) is 17.2 Å². The van der Waals surface area contributed by atoms with E-state index in [0.29, 0.717) is 29.0 Å². The first kappa shape index (κ1) is 14.1. The smallest absolute Gasteiger partial charge is 0.254 e. The Labute approximate surface area is 140 Å². The van der Waals surface area contributed by atoms with Gasteiger partial charge >= 0.3 is 0 Å². The fourth-order valence-electron chi connectivity index (χ4n) is 2.17. The summed E-state index contributed by atoms with van der Waals surface area (Å²) in [6.45, 7) is 0.412. The Morgan fingerprint density at radius 2 is 1.91 bits per heavy atom. The van der Waals surface area contributed by atoms with Crippen LogP contribution in [0.25, 0.3) is 11.5 Å². The third-order valence-corrected chi connectivity index (χ3v) is 3.97. The molecule has 1 aromatic heterocycles. The van der Waals surface area contributed by atoms with Gasteiger partial charge in [-0.3, -0.25) is 0 Å². The maximum absolute atomic E-state index is 5.65. The predicted molar refractivity (Wildman–Crippen MR) is 84.3 cm³/mol. The maximum Gasteiger partial charge on any atom is 0.254 e. The second-order valence-electron chi connectivity index (χ2n) is 4.78. The van der Waals surface area contributed by atoms with Crippen LogP contribution in [-0.2, 0) is 6.61 Å². The van der Waals surface area contributed by atoms with E-state index in [-0.39, 0.29) is 13.4 Å². The molecule has 4 rings (SSSR count). The van der Waals surface area contributed by atoms with Gasteiger partial charge in [0.15, 0.2) is 18.1 Å². The molecule has 0 N–H and O–H groups in total. The van der Waals surface area contributed by atoms with Gasteiger partial charge < -0.3 is 18.6 Å². The zero-order chi connectivity index (χ0) is 15.6. The van der Waals surface area contributed by atoms with Crippen LogP contribution in [0.1, 0.15) is 5.89 Å². The van der Waals surface area contributed by atoms with Gasteiger partial charge in [-0.1, -0.05) is 12.1 Å². The quantitative estimate of drug-likeness (QED) is 0.691. The van der Waals surface area contributed by atoms with Gasteiger partial charge in [0.2, 0.25) is 12.7 Å². The van der Waals surface area contributed by atoms with E-state index in [9.17, 15) is 0 Å². The van der Waals surface area contributed by atoms with E-state index in [1.165, 1.54) is 0 Å². The normalized spacial score (nSPS) is 12.4. The second kappa shape index (κ2) is 5.92. The van der Waals surface area contributed by atoms with Crippen LogP contribution >= 0.6 is 15.9 Å². The first-order valence-corrected chi connectivity index (χ1v) is 7.68. The first-order valence-electron chi connectivity index (χ1n) is 6.89. The molecule has 0 spiro atoms. The molecular formula is C16H11BrN2O4. The molecule has 7 heteroatoms. The predicted octanol–water partition coefficient (Wildman–Crippen LogP) is 3.81. The van der Waals surface area contributed by atoms with Crippen LogP contribution in [-0.4, -0.2) is 17.0 Å². The van der Waals surface area contributed by atoms with E-state index in [2.05, 4.69) is 26.1 Å². The van der Waals surface area contributed by atoms with E-state index in [1.54, 1.807) is 18.2 Å². The summed E-state index contributed by atoms with van der Waals surface area (Å²) in [5.41, 5.74) is 0.842. The molecule has 0 unspecified atom stereocenters. The van der Waals surface area contributed by atoms with Crippen LogP contribution in [0.3, 0.4) is 0 Å². The SMILES string of the molecule is Brc1ccccc1-c1nnc(COc2ccc3c(c2)OCO3)o1. The van der Waals surface area contributed by atoms with Crippen LogP contribution < -0.4 is 14.2 Å². The highest BCUT2D eigenvalue weighted by atomic mass is 79.9. The van der Waals surface area contributed by atoms with Crippen molar-refractivity contribution >= 4 is 15.9 Å². The second-order valence-corrected chi connectivity index (χ2v) is 5.64. The van der Waals surface area contributed by atoms with Crippen molar-refractivity contribution in [3.63, 3.8) is 0 Å². The summed E-state index contributed by atoms with van der Waals surface area (Å²) in [5.74, 6) is 2.87. The summed E-state index contributed by atoms with van der Waals surface area (Å²) in [4.78, 5) is 0. The largest absolute Gasteiger partial charge is 0.484 e. The van der Waals surface area contributed by atoms with E-state index < -0.39 is 0 Å². The molecule has 0 fully saturated rings. The standard InChI is InChI=1S/C16H11BrN2O4/c17-12-4-2-1-3-11(12)16-19-18-15(23-16)8-20-10-5-6-13-14(7-10)22-9-21-13/h1-7H,8-9H2. The molecule has 0 amide bonds. The van der Waals surface area contributed by atoms with Gasteiger partial charge in [-0.25, -0.2) is 0 Å². The van der Waals surface area contributed by atoms with Gasteiger partial charge in [0.05, 0.1) is 5.56 Å². The minimum atomic E-state index is 0.178. The Hall–Kier alpha value is -2.54. The van der Waals surface area contributed by atoms with Crippen molar-refractivity contribution in [3.05, 3.63) is 52.8 Å². The number of aromatic nitrogens is 2. The van der Waals surface area contributed by atoms with Crippen LogP contribution in [0.15, 0.2) is 51.4 Å². The summed E-state index contributed by atoms with van der Waals surface area (Å²) < 4.78 is 22.7. The summed E-state index contributed by atoms with van der Waals surface area (Å²) in [6, 6.07) is 13.0. The number of nitrogens with zero attached hydrogens (tertiary/aromatic N) is 2. The summed E-state index contributed by atoms with van der Waals surface area (Å²) >= 11 is 3.46. The Morgan fingerprint density at radius 1 is 1.04 bits per heavy atom. The molecule has 6 nitrogen and oxygen atoms in total. The first-order chi connectivity index (χ1) is 11.3. The lowest BCUT2D eigenvalue weighted by Gasteiger charge is -2.04. The molecule has 0 aliphatic carbocycles. The van der Waals surface area contributed by atoms with Crippen molar-refractivity contribution in [3.8, 4) is 28.7 Å². The Kier molecular flexibility index (Phi) is 3.63. The van der Waals surface area contributed by atoms with Crippen molar-refractivity contribution in [2.45, 2.75) is 6.61 Å². The van der Waals surface area contributed by atoms with Crippen LogP contribution in [0.4, 0.5) is 0 Å². The fourth-order valence-corrected chi connectivity index (χ4v) is 2.62. The van der Waals surface area contributed by atoms with Crippen molar-refractivity contribution in [2.24, 2.45) is 0 Å². The summed E-state index contributed by atoms with van der Waals surface area (Å²) in [6.07, 6.45) is 0. The molecule has 2 aromatic carbocycles. The molecule has 3 aromatic rings. The van der Waals surface area contributed by atoms with Crippen molar-refractivity contribution < 1.29 is 18.6 Å². The van der Waals surface area contributed by atoms with Gasteiger partial charge in [0.1, 0.15) is 5.75 Å². The van der Waals surface area contributed by atoms with E-state index in [0.717, 1.165) is 10.0 Å². The number of ether oxygens (including phenoxy) is 3. The number of hydrogen-bond donors (Lipinski definition) is 0. The zero-order valence-electron chi connectivity index (χ0n) is 11.9. The van der Waals surface area contributed by atoms with Gasteiger partial charge in [0, 0.05) is 10.5 Å². The third kappa shape index (κ3) is 2.87. The topological polar surface area (TPSA) is 66.6 Å². The van der Waals surface area contributed by atoms with E-state index >= 15 is 0 Å². The lowest BCUT2D eigenvalue weighted by atomic mass is 10.2. The third-order valence-electron chi connectivity index (χ3n) is 3.28. The molecule has 1 aliphatic rings. The number of rotatable bonds is 4. The Balaban J connectivity index is 1.47. The number of benzene rings is 2. The average Bonchev–Trinajstić information content (AvgIpc) is 3.22. The number of hydrogen-bond acceptors (Lipinski definition) is 6. The minimum Gasteiger partial charge on any atom is -0.484 e. The molecule has 0 bridgehead atoms. The molecule has 0 atom stereocenters. The zero-order valence-corrected chi connectivity index (χ0v) is 13.4. The summed E-state index contributed by atoms with van der Waals surface area (Å²) in [5, 5.41) is 8.05. The van der Waals surface area contributed by atoms with E-state index in [4.69, 9.17) is 18.6 Å². The number of halogens is 1. The van der Waals surface area contributed by atoms with Crippen LogP contribution in [0.2, 0.25) is 0 Å². The van der Waals surface area contributed by atoms with Crippen LogP contribution in [0, 0.1) is 0 Å². The highest BCUT2D eigenvalue weighted by Crippen LogP contribution is 2.35. The molecule has 0 saturated heterocycles. The highest BCUT2D eigenvalue weighted by Gasteiger charge is 2.15. The lowest BCUT2D eigenvalue weighted by molar-refractivity contribution is 0.173. The molecule has 0 saturated carbocycles. The Bertz CT molecular complexity index is 850. The van der Waals surface area contributed by atoms with Gasteiger partial charge in [0.25, 0.3) is 5.89 Å². The summed E-state index contributed by atoms with van der Waals surface area (Å²) in [7, 11) is 0. The fraction of sp³-hybridized carbons (Fsp3) is 0.125. The molecular weight excluding hydrogens is 364 g/mol. The van der Waals surface area contributed by atoms with Gasteiger partial charge in [-0.2, -0.15) is 0 Å². The van der Waals surface area contributed by atoms with Crippen molar-refractivity contribution in [2.75, 3.05) is 6.79 Å². The lowest BCUT2D eigenvalue weighted by Crippen LogP contribution is -1.95.